The van der Waals surface area contributed by atoms with Crippen molar-refractivity contribution >= 4 is 0 Å². The second-order valence-electron chi connectivity index (χ2n) is 4.98. The summed E-state index contributed by atoms with van der Waals surface area (Å²) in [5, 5.41) is 9.19. The van der Waals surface area contributed by atoms with Gasteiger partial charge in [0, 0.05) is 18.5 Å². The molecule has 1 unspecified atom stereocenters. The number of aliphatic hydroxyl groups is 1. The minimum atomic E-state index is -0.258. The van der Waals surface area contributed by atoms with Crippen LogP contribution in [0.4, 0.5) is 4.39 Å². The lowest BCUT2D eigenvalue weighted by molar-refractivity contribution is 0.229. The Hall–Kier alpha value is -1.78. The molecule has 0 spiro atoms. The van der Waals surface area contributed by atoms with Crippen LogP contribution in [0.15, 0.2) is 36.5 Å². The Bertz CT molecular complexity index is 582. The van der Waals surface area contributed by atoms with E-state index in [1.807, 2.05) is 25.1 Å². The largest absolute Gasteiger partial charge is 0.396 e. The van der Waals surface area contributed by atoms with Crippen LogP contribution >= 0.6 is 0 Å². The molecule has 0 amide bonds. The van der Waals surface area contributed by atoms with Crippen LogP contribution in [-0.4, -0.2) is 23.2 Å². The molecular weight excluding hydrogens is 255 g/mol. The number of aryl methyl sites for hydroxylation is 1. The SMILES string of the molecule is Cc1cc(-c2ccc(F)c(CC(CN)CO)c2)ccn1. The minimum absolute atomic E-state index is 0.0332. The molecule has 0 aliphatic carbocycles. The van der Waals surface area contributed by atoms with Crippen LogP contribution < -0.4 is 5.73 Å². The number of aromatic nitrogens is 1. The van der Waals surface area contributed by atoms with Gasteiger partial charge in [0.2, 0.25) is 0 Å². The predicted octanol–water partition coefficient (Wildman–Crippen LogP) is 2.31. The van der Waals surface area contributed by atoms with Crippen molar-refractivity contribution in [2.24, 2.45) is 11.7 Å². The number of benzene rings is 1. The first-order valence-electron chi connectivity index (χ1n) is 6.66. The molecule has 0 saturated heterocycles. The third-order valence-corrected chi connectivity index (χ3v) is 3.38. The van der Waals surface area contributed by atoms with E-state index in [4.69, 9.17) is 5.73 Å². The Balaban J connectivity index is 2.33. The molecule has 1 heterocycles. The standard InChI is InChI=1S/C16H19FN2O/c1-11-6-14(4-5-19-11)13-2-3-16(17)15(8-13)7-12(9-18)10-20/h2-6,8,12,20H,7,9-10,18H2,1H3. The van der Waals surface area contributed by atoms with Gasteiger partial charge in [-0.1, -0.05) is 6.07 Å². The fraction of sp³-hybridized carbons (Fsp3) is 0.312. The van der Waals surface area contributed by atoms with Gasteiger partial charge in [0.15, 0.2) is 0 Å². The molecule has 106 valence electrons. The zero-order chi connectivity index (χ0) is 14.5. The average Bonchev–Trinajstić information content (AvgIpc) is 2.46. The van der Waals surface area contributed by atoms with Crippen LogP contribution in [0, 0.1) is 18.7 Å². The quantitative estimate of drug-likeness (QED) is 0.879. The lowest BCUT2D eigenvalue weighted by Gasteiger charge is -2.13. The molecule has 0 saturated carbocycles. The van der Waals surface area contributed by atoms with E-state index in [0.717, 1.165) is 16.8 Å². The van der Waals surface area contributed by atoms with Crippen LogP contribution in [0.1, 0.15) is 11.3 Å². The molecule has 1 aromatic carbocycles. The lowest BCUT2D eigenvalue weighted by atomic mass is 9.96. The van der Waals surface area contributed by atoms with E-state index >= 15 is 0 Å². The van der Waals surface area contributed by atoms with Gasteiger partial charge in [-0.15, -0.1) is 0 Å². The monoisotopic (exact) mass is 274 g/mol. The molecule has 0 bridgehead atoms. The molecule has 1 aromatic heterocycles. The van der Waals surface area contributed by atoms with Gasteiger partial charge in [-0.05, 0) is 66.8 Å². The van der Waals surface area contributed by atoms with Crippen molar-refractivity contribution in [1.82, 2.24) is 4.98 Å². The second kappa shape index (κ2) is 6.59. The lowest BCUT2D eigenvalue weighted by Crippen LogP contribution is -2.20. The van der Waals surface area contributed by atoms with Crippen molar-refractivity contribution in [3.63, 3.8) is 0 Å². The smallest absolute Gasteiger partial charge is 0.126 e. The Morgan fingerprint density at radius 3 is 2.65 bits per heavy atom. The highest BCUT2D eigenvalue weighted by Crippen LogP contribution is 2.23. The summed E-state index contributed by atoms with van der Waals surface area (Å²) in [6.45, 7) is 2.23. The molecule has 0 aliphatic heterocycles. The van der Waals surface area contributed by atoms with Crippen LogP contribution in [0.3, 0.4) is 0 Å². The van der Waals surface area contributed by atoms with Crippen LogP contribution in [0.2, 0.25) is 0 Å². The van der Waals surface area contributed by atoms with Gasteiger partial charge < -0.3 is 10.8 Å². The molecule has 0 aliphatic rings. The minimum Gasteiger partial charge on any atom is -0.396 e. The summed E-state index contributed by atoms with van der Waals surface area (Å²) in [7, 11) is 0. The number of nitrogens with zero attached hydrogens (tertiary/aromatic N) is 1. The summed E-state index contributed by atoms with van der Waals surface area (Å²) >= 11 is 0. The Kier molecular flexibility index (Phi) is 4.82. The number of aliphatic hydroxyl groups excluding tert-OH is 1. The van der Waals surface area contributed by atoms with Crippen LogP contribution in [0.25, 0.3) is 11.1 Å². The fourth-order valence-corrected chi connectivity index (χ4v) is 2.17. The summed E-state index contributed by atoms with van der Waals surface area (Å²) in [6, 6.07) is 8.90. The van der Waals surface area contributed by atoms with Crippen molar-refractivity contribution in [3.8, 4) is 11.1 Å². The maximum absolute atomic E-state index is 13.9. The van der Waals surface area contributed by atoms with Crippen LogP contribution in [-0.2, 0) is 6.42 Å². The topological polar surface area (TPSA) is 59.1 Å². The first-order chi connectivity index (χ1) is 9.63. The summed E-state index contributed by atoms with van der Waals surface area (Å²) in [6.07, 6.45) is 2.18. The van der Waals surface area contributed by atoms with Gasteiger partial charge in [-0.25, -0.2) is 4.39 Å². The van der Waals surface area contributed by atoms with Gasteiger partial charge in [0.25, 0.3) is 0 Å². The average molecular weight is 274 g/mol. The summed E-state index contributed by atoms with van der Waals surface area (Å²) in [5.41, 5.74) is 9.02. The number of nitrogens with two attached hydrogens (primary N) is 1. The maximum atomic E-state index is 13.9. The van der Waals surface area contributed by atoms with Crippen molar-refractivity contribution in [2.75, 3.05) is 13.2 Å². The Labute approximate surface area is 118 Å². The molecule has 2 aromatic rings. The van der Waals surface area contributed by atoms with E-state index in [2.05, 4.69) is 4.98 Å². The number of hydrogen-bond acceptors (Lipinski definition) is 3. The third-order valence-electron chi connectivity index (χ3n) is 3.38. The van der Waals surface area contributed by atoms with E-state index in [-0.39, 0.29) is 18.3 Å². The first kappa shape index (κ1) is 14.6. The van der Waals surface area contributed by atoms with Crippen molar-refractivity contribution in [3.05, 3.63) is 53.6 Å². The molecule has 3 N–H and O–H groups in total. The molecule has 1 atom stereocenters. The van der Waals surface area contributed by atoms with Crippen molar-refractivity contribution in [2.45, 2.75) is 13.3 Å². The fourth-order valence-electron chi connectivity index (χ4n) is 2.17. The normalized spacial score (nSPS) is 12.4. The van der Waals surface area contributed by atoms with E-state index < -0.39 is 0 Å². The predicted molar refractivity (Wildman–Crippen MR) is 77.7 cm³/mol. The number of halogens is 1. The summed E-state index contributed by atoms with van der Waals surface area (Å²) < 4.78 is 13.9. The molecule has 0 radical (unpaired) electrons. The van der Waals surface area contributed by atoms with E-state index in [9.17, 15) is 9.50 Å². The highest BCUT2D eigenvalue weighted by atomic mass is 19.1. The highest BCUT2D eigenvalue weighted by Gasteiger charge is 2.11. The molecular formula is C16H19FN2O. The highest BCUT2D eigenvalue weighted by molar-refractivity contribution is 5.64. The van der Waals surface area contributed by atoms with E-state index in [0.29, 0.717) is 18.5 Å². The summed E-state index contributed by atoms with van der Waals surface area (Å²) in [5.74, 6) is -0.370. The van der Waals surface area contributed by atoms with Gasteiger partial charge in [0.05, 0.1) is 0 Å². The van der Waals surface area contributed by atoms with Crippen molar-refractivity contribution in [1.29, 1.82) is 0 Å². The number of hydrogen-bond donors (Lipinski definition) is 2. The number of rotatable bonds is 5. The van der Waals surface area contributed by atoms with Crippen LogP contribution in [0.5, 0.6) is 0 Å². The maximum Gasteiger partial charge on any atom is 0.126 e. The second-order valence-corrected chi connectivity index (χ2v) is 4.98. The van der Waals surface area contributed by atoms with Gasteiger partial charge in [-0.3, -0.25) is 4.98 Å². The van der Waals surface area contributed by atoms with E-state index in [1.54, 1.807) is 12.3 Å². The Morgan fingerprint density at radius 2 is 2.00 bits per heavy atom. The molecule has 3 nitrogen and oxygen atoms in total. The zero-order valence-corrected chi connectivity index (χ0v) is 11.5. The van der Waals surface area contributed by atoms with Gasteiger partial charge >= 0.3 is 0 Å². The van der Waals surface area contributed by atoms with E-state index in [1.165, 1.54) is 6.07 Å². The van der Waals surface area contributed by atoms with Gasteiger partial charge in [-0.2, -0.15) is 0 Å². The van der Waals surface area contributed by atoms with Gasteiger partial charge in [0.1, 0.15) is 5.82 Å². The summed E-state index contributed by atoms with van der Waals surface area (Å²) in [4.78, 5) is 4.16. The number of pyridine rings is 1. The first-order valence-corrected chi connectivity index (χ1v) is 6.66. The molecule has 0 fully saturated rings. The zero-order valence-electron chi connectivity index (χ0n) is 11.5. The Morgan fingerprint density at radius 1 is 1.25 bits per heavy atom. The molecule has 4 heteroatoms. The molecule has 2 rings (SSSR count). The molecule has 20 heavy (non-hydrogen) atoms. The van der Waals surface area contributed by atoms with Crippen molar-refractivity contribution < 1.29 is 9.50 Å². The third kappa shape index (κ3) is 3.40.